The highest BCUT2D eigenvalue weighted by molar-refractivity contribution is 6.42. The Labute approximate surface area is 129 Å². The fraction of sp³-hybridized carbons (Fsp3) is 0. The van der Waals surface area contributed by atoms with Crippen molar-refractivity contribution in [1.82, 2.24) is 0 Å². The van der Waals surface area contributed by atoms with Crippen LogP contribution < -0.4 is 5.32 Å². The number of phenols is 2. The molecule has 0 aliphatic carbocycles. The summed E-state index contributed by atoms with van der Waals surface area (Å²) in [4.78, 5) is 12.1. The molecule has 20 heavy (non-hydrogen) atoms. The minimum absolute atomic E-state index is 0.144. The lowest BCUT2D eigenvalue weighted by atomic mass is 10.1. The Bertz CT molecular complexity index is 645. The molecule has 1 amide bonds. The van der Waals surface area contributed by atoms with Gasteiger partial charge in [-0.3, -0.25) is 4.79 Å². The first-order chi connectivity index (χ1) is 9.40. The van der Waals surface area contributed by atoms with E-state index < -0.39 is 5.91 Å². The maximum atomic E-state index is 12.1. The molecule has 3 N–H and O–H groups in total. The zero-order chi connectivity index (χ0) is 14.9. The summed E-state index contributed by atoms with van der Waals surface area (Å²) in [5, 5.41) is 22.3. The van der Waals surface area contributed by atoms with Gasteiger partial charge < -0.3 is 15.5 Å². The molecule has 0 atom stereocenters. The van der Waals surface area contributed by atoms with Crippen LogP contribution in [0.25, 0.3) is 0 Å². The second kappa shape index (κ2) is 5.79. The predicted molar refractivity (Wildman–Crippen MR) is 79.2 cm³/mol. The topological polar surface area (TPSA) is 69.6 Å². The van der Waals surface area contributed by atoms with Crippen molar-refractivity contribution in [3.8, 4) is 11.5 Å². The quantitative estimate of drug-likeness (QED) is 0.767. The molecule has 0 spiro atoms. The summed E-state index contributed by atoms with van der Waals surface area (Å²) in [5.74, 6) is -1.46. The number of halogens is 3. The number of carbonyl (C=O) groups is 1. The predicted octanol–water partition coefficient (Wildman–Crippen LogP) is 4.31. The Morgan fingerprint density at radius 3 is 2.00 bits per heavy atom. The van der Waals surface area contributed by atoms with Gasteiger partial charge in [0.1, 0.15) is 17.1 Å². The summed E-state index contributed by atoms with van der Waals surface area (Å²) in [6.07, 6.45) is 0. The maximum Gasteiger partial charge on any atom is 0.263 e. The summed E-state index contributed by atoms with van der Waals surface area (Å²) in [6, 6.07) is 6.79. The fourth-order valence-corrected chi connectivity index (χ4v) is 2.51. The molecule has 0 aromatic heterocycles. The van der Waals surface area contributed by atoms with E-state index in [1.807, 2.05) is 0 Å². The van der Waals surface area contributed by atoms with E-state index in [1.165, 1.54) is 30.3 Å². The lowest BCUT2D eigenvalue weighted by Gasteiger charge is -2.11. The standard InChI is InChI=1S/C13H8Cl3NO3/c14-6-4-7(15)12(8(16)5-6)17-13(20)11-9(18)2-1-3-10(11)19/h1-5,18-19H,(H,17,20). The molecule has 0 heterocycles. The van der Waals surface area contributed by atoms with Crippen molar-refractivity contribution in [2.24, 2.45) is 0 Å². The minimum Gasteiger partial charge on any atom is -0.507 e. The third kappa shape index (κ3) is 2.93. The van der Waals surface area contributed by atoms with Gasteiger partial charge in [0.2, 0.25) is 0 Å². The number of nitrogens with one attached hydrogen (secondary N) is 1. The van der Waals surface area contributed by atoms with Crippen LogP contribution in [0.1, 0.15) is 10.4 Å². The molecule has 0 saturated carbocycles. The molecular weight excluding hydrogens is 325 g/mol. The third-order valence-electron chi connectivity index (χ3n) is 2.49. The van der Waals surface area contributed by atoms with Crippen LogP contribution in [-0.4, -0.2) is 16.1 Å². The highest BCUT2D eigenvalue weighted by atomic mass is 35.5. The first-order valence-corrected chi connectivity index (χ1v) is 6.50. The first-order valence-electron chi connectivity index (χ1n) is 5.37. The Hall–Kier alpha value is -1.62. The van der Waals surface area contributed by atoms with Crippen LogP contribution in [-0.2, 0) is 0 Å². The van der Waals surface area contributed by atoms with Gasteiger partial charge in [-0.25, -0.2) is 0 Å². The Balaban J connectivity index is 2.38. The molecule has 2 aromatic rings. The minimum atomic E-state index is -0.744. The summed E-state index contributed by atoms with van der Waals surface area (Å²) in [7, 11) is 0. The lowest BCUT2D eigenvalue weighted by molar-refractivity contribution is 0.102. The van der Waals surface area contributed by atoms with E-state index in [0.29, 0.717) is 5.02 Å². The van der Waals surface area contributed by atoms with E-state index in [2.05, 4.69) is 5.32 Å². The smallest absolute Gasteiger partial charge is 0.263 e. The number of hydrogen-bond donors (Lipinski definition) is 3. The van der Waals surface area contributed by atoms with Gasteiger partial charge in [0.15, 0.2) is 0 Å². The van der Waals surface area contributed by atoms with Crippen LogP contribution in [0, 0.1) is 0 Å². The summed E-state index contributed by atoms with van der Waals surface area (Å²) < 4.78 is 0. The zero-order valence-electron chi connectivity index (χ0n) is 9.82. The molecule has 0 bridgehead atoms. The van der Waals surface area contributed by atoms with Crippen LogP contribution in [0.2, 0.25) is 15.1 Å². The number of rotatable bonds is 2. The van der Waals surface area contributed by atoms with E-state index in [0.717, 1.165) is 0 Å². The number of benzene rings is 2. The van der Waals surface area contributed by atoms with Crippen molar-refractivity contribution in [1.29, 1.82) is 0 Å². The van der Waals surface area contributed by atoms with Gasteiger partial charge in [-0.05, 0) is 24.3 Å². The molecule has 4 nitrogen and oxygen atoms in total. The van der Waals surface area contributed by atoms with Gasteiger partial charge in [-0.15, -0.1) is 0 Å². The largest absolute Gasteiger partial charge is 0.507 e. The van der Waals surface area contributed by atoms with Crippen LogP contribution in [0.4, 0.5) is 5.69 Å². The molecule has 0 unspecified atom stereocenters. The molecule has 7 heteroatoms. The fourth-order valence-electron chi connectivity index (χ4n) is 1.60. The van der Waals surface area contributed by atoms with Crippen molar-refractivity contribution >= 4 is 46.4 Å². The number of aromatic hydroxyl groups is 2. The number of anilines is 1. The number of carbonyl (C=O) groups excluding carboxylic acids is 1. The Morgan fingerprint density at radius 2 is 1.50 bits per heavy atom. The van der Waals surface area contributed by atoms with Gasteiger partial charge in [0.05, 0.1) is 15.7 Å². The average molecular weight is 333 g/mol. The Morgan fingerprint density at radius 1 is 1.00 bits per heavy atom. The summed E-state index contributed by atoms with van der Waals surface area (Å²) >= 11 is 17.6. The van der Waals surface area contributed by atoms with Crippen LogP contribution in [0.15, 0.2) is 30.3 Å². The van der Waals surface area contributed by atoms with Gasteiger partial charge in [0, 0.05) is 5.02 Å². The molecule has 2 rings (SSSR count). The molecule has 0 saturated heterocycles. The SMILES string of the molecule is O=C(Nc1c(Cl)cc(Cl)cc1Cl)c1c(O)cccc1O. The number of phenolic OH excluding ortho intramolecular Hbond substituents is 2. The number of amides is 1. The van der Waals surface area contributed by atoms with E-state index in [1.54, 1.807) is 0 Å². The van der Waals surface area contributed by atoms with Gasteiger partial charge in [0.25, 0.3) is 5.91 Å². The second-order valence-corrected chi connectivity index (χ2v) is 5.12. The van der Waals surface area contributed by atoms with Gasteiger partial charge >= 0.3 is 0 Å². The molecule has 0 aliphatic heterocycles. The van der Waals surface area contributed by atoms with Crippen LogP contribution in [0.3, 0.4) is 0 Å². The normalized spacial score (nSPS) is 10.3. The van der Waals surface area contributed by atoms with E-state index in [9.17, 15) is 15.0 Å². The Kier molecular flexibility index (Phi) is 4.28. The molecule has 0 aliphatic rings. The van der Waals surface area contributed by atoms with Gasteiger partial charge in [-0.2, -0.15) is 0 Å². The molecule has 104 valence electrons. The highest BCUT2D eigenvalue weighted by Crippen LogP contribution is 2.35. The first kappa shape index (κ1) is 14.8. The van der Waals surface area contributed by atoms with E-state index in [-0.39, 0.29) is 32.8 Å². The van der Waals surface area contributed by atoms with Gasteiger partial charge in [-0.1, -0.05) is 40.9 Å². The van der Waals surface area contributed by atoms with Crippen molar-refractivity contribution < 1.29 is 15.0 Å². The average Bonchev–Trinajstić information content (AvgIpc) is 2.33. The lowest BCUT2D eigenvalue weighted by Crippen LogP contribution is -2.13. The van der Waals surface area contributed by atoms with Crippen molar-refractivity contribution in [2.75, 3.05) is 5.32 Å². The van der Waals surface area contributed by atoms with Crippen LogP contribution >= 0.6 is 34.8 Å². The summed E-state index contributed by atoms with van der Waals surface area (Å²) in [5.41, 5.74) is -0.125. The number of hydrogen-bond acceptors (Lipinski definition) is 3. The van der Waals surface area contributed by atoms with Crippen molar-refractivity contribution in [3.63, 3.8) is 0 Å². The molecule has 2 aromatic carbocycles. The zero-order valence-corrected chi connectivity index (χ0v) is 12.1. The highest BCUT2D eigenvalue weighted by Gasteiger charge is 2.18. The molecule has 0 fully saturated rings. The second-order valence-electron chi connectivity index (χ2n) is 3.87. The molecule has 0 radical (unpaired) electrons. The summed E-state index contributed by atoms with van der Waals surface area (Å²) in [6.45, 7) is 0. The van der Waals surface area contributed by atoms with Crippen molar-refractivity contribution in [3.05, 3.63) is 51.0 Å². The van der Waals surface area contributed by atoms with Crippen LogP contribution in [0.5, 0.6) is 11.5 Å². The van der Waals surface area contributed by atoms with Crippen molar-refractivity contribution in [2.45, 2.75) is 0 Å². The third-order valence-corrected chi connectivity index (χ3v) is 3.31. The monoisotopic (exact) mass is 331 g/mol. The maximum absolute atomic E-state index is 12.1. The van der Waals surface area contributed by atoms with E-state index >= 15 is 0 Å². The molecular formula is C13H8Cl3NO3. The van der Waals surface area contributed by atoms with E-state index in [4.69, 9.17) is 34.8 Å².